The number of thiazole rings is 1. The molecule has 0 bridgehead atoms. The summed E-state index contributed by atoms with van der Waals surface area (Å²) in [5, 5.41) is 14.6. The first-order valence-electron chi connectivity index (χ1n) is 6.08. The Kier molecular flexibility index (Phi) is 5.29. The van der Waals surface area contributed by atoms with E-state index >= 15 is 0 Å². The van der Waals surface area contributed by atoms with Gasteiger partial charge in [-0.2, -0.15) is 0 Å². The Bertz CT molecular complexity index is 457. The van der Waals surface area contributed by atoms with Crippen molar-refractivity contribution in [2.24, 2.45) is 0 Å². The van der Waals surface area contributed by atoms with E-state index in [4.69, 9.17) is 5.11 Å². The molecule has 106 valence electrons. The number of hydrogen-bond donors (Lipinski definition) is 3. The van der Waals surface area contributed by atoms with E-state index in [1.165, 1.54) is 11.3 Å². The van der Waals surface area contributed by atoms with Crippen molar-refractivity contribution in [2.45, 2.75) is 45.6 Å². The monoisotopic (exact) mass is 285 g/mol. The zero-order chi connectivity index (χ0) is 14.5. The van der Waals surface area contributed by atoms with E-state index in [2.05, 4.69) is 15.6 Å². The summed E-state index contributed by atoms with van der Waals surface area (Å²) >= 11 is 1.43. The minimum Gasteiger partial charge on any atom is -0.481 e. The van der Waals surface area contributed by atoms with Crippen LogP contribution in [0.15, 0.2) is 6.20 Å². The predicted molar refractivity (Wildman–Crippen MR) is 74.6 cm³/mol. The van der Waals surface area contributed by atoms with Crippen LogP contribution in [0.2, 0.25) is 0 Å². The molecule has 1 aromatic heterocycles. The summed E-state index contributed by atoms with van der Waals surface area (Å²) in [5.74, 6) is -0.872. The molecular weight excluding hydrogens is 266 g/mol. The van der Waals surface area contributed by atoms with Gasteiger partial charge in [0.15, 0.2) is 5.13 Å². The summed E-state index contributed by atoms with van der Waals surface area (Å²) in [7, 11) is 0. The summed E-state index contributed by atoms with van der Waals surface area (Å²) in [5.41, 5.74) is -0.576. The molecule has 19 heavy (non-hydrogen) atoms. The van der Waals surface area contributed by atoms with Gasteiger partial charge < -0.3 is 10.4 Å². The molecule has 0 saturated heterocycles. The lowest BCUT2D eigenvalue weighted by Gasteiger charge is -2.25. The van der Waals surface area contributed by atoms with Crippen molar-refractivity contribution in [1.29, 1.82) is 0 Å². The SMILES string of the molecule is CCc1cnc(NC(=O)NC(C)(C)CCC(=O)O)s1. The third-order valence-electron chi connectivity index (χ3n) is 2.54. The number of nitrogens with one attached hydrogen (secondary N) is 2. The summed E-state index contributed by atoms with van der Waals surface area (Å²) in [6.45, 7) is 5.59. The Morgan fingerprint density at radius 2 is 2.16 bits per heavy atom. The van der Waals surface area contributed by atoms with E-state index in [0.717, 1.165) is 11.3 Å². The Labute approximate surface area is 116 Å². The molecule has 0 spiro atoms. The number of carbonyl (C=O) groups excluding carboxylic acids is 1. The second-order valence-electron chi connectivity index (χ2n) is 4.84. The molecule has 0 aliphatic carbocycles. The van der Waals surface area contributed by atoms with Gasteiger partial charge in [-0.05, 0) is 26.7 Å². The lowest BCUT2D eigenvalue weighted by atomic mass is 9.99. The molecule has 1 heterocycles. The zero-order valence-electron chi connectivity index (χ0n) is 11.3. The van der Waals surface area contributed by atoms with Gasteiger partial charge in [0.2, 0.25) is 0 Å². The number of aliphatic carboxylic acids is 1. The van der Waals surface area contributed by atoms with Gasteiger partial charge in [-0.1, -0.05) is 6.92 Å². The zero-order valence-corrected chi connectivity index (χ0v) is 12.1. The smallest absolute Gasteiger partial charge is 0.321 e. The minimum atomic E-state index is -0.872. The number of carboxylic acid groups (broad SMARTS) is 1. The van der Waals surface area contributed by atoms with Crippen molar-refractivity contribution in [3.05, 3.63) is 11.1 Å². The average molecular weight is 285 g/mol. The number of urea groups is 1. The van der Waals surface area contributed by atoms with E-state index in [-0.39, 0.29) is 12.5 Å². The molecule has 0 radical (unpaired) electrons. The van der Waals surface area contributed by atoms with E-state index in [9.17, 15) is 9.59 Å². The van der Waals surface area contributed by atoms with Crippen LogP contribution in [0.5, 0.6) is 0 Å². The maximum atomic E-state index is 11.8. The van der Waals surface area contributed by atoms with Crippen LogP contribution in [0.1, 0.15) is 38.5 Å². The minimum absolute atomic E-state index is 0.0184. The van der Waals surface area contributed by atoms with E-state index in [0.29, 0.717) is 11.6 Å². The number of carboxylic acids is 1. The van der Waals surface area contributed by atoms with Gasteiger partial charge in [-0.25, -0.2) is 9.78 Å². The third kappa shape index (κ3) is 5.69. The second-order valence-corrected chi connectivity index (χ2v) is 5.96. The molecule has 0 unspecified atom stereocenters. The van der Waals surface area contributed by atoms with Gasteiger partial charge in [0, 0.05) is 23.0 Å². The molecule has 1 aromatic rings. The molecule has 0 saturated carbocycles. The van der Waals surface area contributed by atoms with E-state index < -0.39 is 11.5 Å². The number of aryl methyl sites for hydroxylation is 1. The van der Waals surface area contributed by atoms with Crippen LogP contribution in [0, 0.1) is 0 Å². The first-order valence-corrected chi connectivity index (χ1v) is 6.89. The standard InChI is InChI=1S/C12H19N3O3S/c1-4-8-7-13-11(19-8)14-10(18)15-12(2,3)6-5-9(16)17/h7H,4-6H2,1-3H3,(H,16,17)(H2,13,14,15,18). The number of anilines is 1. The quantitative estimate of drug-likeness (QED) is 0.748. The number of carbonyl (C=O) groups is 2. The third-order valence-corrected chi connectivity index (χ3v) is 3.60. The molecular formula is C12H19N3O3S. The highest BCUT2D eigenvalue weighted by molar-refractivity contribution is 7.15. The molecule has 0 aliphatic heterocycles. The Morgan fingerprint density at radius 1 is 1.47 bits per heavy atom. The molecule has 0 aromatic carbocycles. The lowest BCUT2D eigenvalue weighted by Crippen LogP contribution is -2.45. The second kappa shape index (κ2) is 6.51. The fourth-order valence-electron chi connectivity index (χ4n) is 1.45. The highest BCUT2D eigenvalue weighted by atomic mass is 32.1. The lowest BCUT2D eigenvalue weighted by molar-refractivity contribution is -0.137. The van der Waals surface area contributed by atoms with Gasteiger partial charge in [0.25, 0.3) is 0 Å². The molecule has 1 rings (SSSR count). The highest BCUT2D eigenvalue weighted by Crippen LogP contribution is 2.18. The van der Waals surface area contributed by atoms with E-state index in [1.807, 2.05) is 6.92 Å². The van der Waals surface area contributed by atoms with Crippen molar-refractivity contribution >= 4 is 28.5 Å². The van der Waals surface area contributed by atoms with Crippen molar-refractivity contribution in [3.8, 4) is 0 Å². The Balaban J connectivity index is 2.47. The number of nitrogens with zero attached hydrogens (tertiary/aromatic N) is 1. The maximum Gasteiger partial charge on any atom is 0.321 e. The first kappa shape index (κ1) is 15.4. The molecule has 2 amide bonds. The van der Waals surface area contributed by atoms with Crippen LogP contribution in [-0.4, -0.2) is 27.6 Å². The fraction of sp³-hybridized carbons (Fsp3) is 0.583. The van der Waals surface area contributed by atoms with Crippen LogP contribution in [0.3, 0.4) is 0 Å². The summed E-state index contributed by atoms with van der Waals surface area (Å²) < 4.78 is 0. The van der Waals surface area contributed by atoms with Gasteiger partial charge in [0.05, 0.1) is 0 Å². The topological polar surface area (TPSA) is 91.3 Å². The normalized spacial score (nSPS) is 11.1. The highest BCUT2D eigenvalue weighted by Gasteiger charge is 2.21. The number of hydrogen-bond acceptors (Lipinski definition) is 4. The van der Waals surface area contributed by atoms with Crippen LogP contribution < -0.4 is 10.6 Å². The van der Waals surface area contributed by atoms with Crippen LogP contribution in [0.4, 0.5) is 9.93 Å². The Hall–Kier alpha value is -1.63. The maximum absolute atomic E-state index is 11.8. The summed E-state index contributed by atoms with van der Waals surface area (Å²) in [6.07, 6.45) is 3.00. The summed E-state index contributed by atoms with van der Waals surface area (Å²) in [6, 6.07) is -0.368. The van der Waals surface area contributed by atoms with Gasteiger partial charge in [-0.3, -0.25) is 10.1 Å². The van der Waals surface area contributed by atoms with Crippen LogP contribution in [-0.2, 0) is 11.2 Å². The number of aromatic nitrogens is 1. The van der Waals surface area contributed by atoms with Gasteiger partial charge in [-0.15, -0.1) is 11.3 Å². The largest absolute Gasteiger partial charge is 0.481 e. The molecule has 0 atom stereocenters. The number of rotatable bonds is 6. The molecule has 0 aliphatic rings. The van der Waals surface area contributed by atoms with Crippen molar-refractivity contribution < 1.29 is 14.7 Å². The summed E-state index contributed by atoms with van der Waals surface area (Å²) in [4.78, 5) is 27.5. The predicted octanol–water partition coefficient (Wildman–Crippen LogP) is 2.47. The van der Waals surface area contributed by atoms with E-state index in [1.54, 1.807) is 20.0 Å². The van der Waals surface area contributed by atoms with Crippen LogP contribution in [0.25, 0.3) is 0 Å². The average Bonchev–Trinajstić information content (AvgIpc) is 2.73. The molecule has 7 heteroatoms. The number of amides is 2. The van der Waals surface area contributed by atoms with Gasteiger partial charge in [0.1, 0.15) is 0 Å². The van der Waals surface area contributed by atoms with Crippen LogP contribution >= 0.6 is 11.3 Å². The van der Waals surface area contributed by atoms with Crippen molar-refractivity contribution in [2.75, 3.05) is 5.32 Å². The molecule has 6 nitrogen and oxygen atoms in total. The molecule has 0 fully saturated rings. The Morgan fingerprint density at radius 3 is 2.68 bits per heavy atom. The molecule has 3 N–H and O–H groups in total. The van der Waals surface area contributed by atoms with Crippen molar-refractivity contribution in [1.82, 2.24) is 10.3 Å². The van der Waals surface area contributed by atoms with Crippen molar-refractivity contribution in [3.63, 3.8) is 0 Å². The fourth-order valence-corrected chi connectivity index (χ4v) is 2.19. The van der Waals surface area contributed by atoms with Gasteiger partial charge >= 0.3 is 12.0 Å². The first-order chi connectivity index (χ1) is 8.82.